The van der Waals surface area contributed by atoms with Crippen LogP contribution in [0.5, 0.6) is 0 Å². The summed E-state index contributed by atoms with van der Waals surface area (Å²) in [5, 5.41) is 0. The van der Waals surface area contributed by atoms with Gasteiger partial charge in [0.1, 0.15) is 5.82 Å². The molecule has 0 aliphatic carbocycles. The van der Waals surface area contributed by atoms with Crippen LogP contribution in [0.3, 0.4) is 0 Å². The summed E-state index contributed by atoms with van der Waals surface area (Å²) in [4.78, 5) is 10.8. The number of rotatable bonds is 2. The van der Waals surface area contributed by atoms with Crippen LogP contribution in [0.25, 0.3) is 11.0 Å². The summed E-state index contributed by atoms with van der Waals surface area (Å²) in [6.07, 6.45) is 4.68. The Hall–Kier alpha value is -1.59. The van der Waals surface area contributed by atoms with Crippen molar-refractivity contribution in [2.75, 3.05) is 6.54 Å². The molecule has 1 aliphatic rings. The normalized spacial score (nSPS) is 22.1. The van der Waals surface area contributed by atoms with Gasteiger partial charge in [-0.3, -0.25) is 9.88 Å². The van der Waals surface area contributed by atoms with Crippen LogP contribution in [0.4, 0.5) is 4.39 Å². The van der Waals surface area contributed by atoms with Crippen molar-refractivity contribution in [2.45, 2.75) is 38.4 Å². The maximum absolute atomic E-state index is 13.3. The van der Waals surface area contributed by atoms with Gasteiger partial charge >= 0.3 is 0 Å². The molecule has 2 atom stereocenters. The molecule has 4 nitrogen and oxygen atoms in total. The fourth-order valence-electron chi connectivity index (χ4n) is 2.86. The zero-order valence-electron chi connectivity index (χ0n) is 11.6. The Balaban J connectivity index is 1.92. The average molecular weight is 274 g/mol. The zero-order chi connectivity index (χ0) is 14.1. The smallest absolute Gasteiger partial charge is 0.143 e. The maximum Gasteiger partial charge on any atom is 0.143 e. The van der Waals surface area contributed by atoms with E-state index in [-0.39, 0.29) is 18.0 Å². The maximum atomic E-state index is 13.3. The van der Waals surface area contributed by atoms with Gasteiger partial charge in [0.25, 0.3) is 0 Å². The first-order valence-corrected chi connectivity index (χ1v) is 7.08. The van der Waals surface area contributed by atoms with Crippen molar-refractivity contribution >= 4 is 11.0 Å². The van der Waals surface area contributed by atoms with Gasteiger partial charge in [-0.2, -0.15) is 0 Å². The molecule has 3 heterocycles. The van der Waals surface area contributed by atoms with Crippen LogP contribution in [-0.4, -0.2) is 27.6 Å². The Bertz CT molecular complexity index is 616. The highest BCUT2D eigenvalue weighted by Gasteiger charge is 2.25. The van der Waals surface area contributed by atoms with E-state index in [0.717, 1.165) is 18.7 Å². The van der Waals surface area contributed by atoms with Crippen LogP contribution in [0.2, 0.25) is 0 Å². The molecule has 0 amide bonds. The molecular weight excluding hydrogens is 255 g/mol. The van der Waals surface area contributed by atoms with Crippen LogP contribution < -0.4 is 5.73 Å². The predicted octanol–water partition coefficient (Wildman–Crippen LogP) is 2.60. The third-order valence-electron chi connectivity index (χ3n) is 4.04. The van der Waals surface area contributed by atoms with Crippen molar-refractivity contribution in [2.24, 2.45) is 5.73 Å². The molecule has 2 unspecified atom stereocenters. The fourth-order valence-corrected chi connectivity index (χ4v) is 2.86. The number of likely N-dealkylation sites (tertiary alicyclic amines) is 1. The molecule has 5 heteroatoms. The minimum atomic E-state index is -0.357. The van der Waals surface area contributed by atoms with E-state index >= 15 is 0 Å². The molecular formula is C15H19FN4. The van der Waals surface area contributed by atoms with Crippen LogP contribution >= 0.6 is 0 Å². The van der Waals surface area contributed by atoms with E-state index in [9.17, 15) is 4.39 Å². The van der Waals surface area contributed by atoms with E-state index < -0.39 is 0 Å². The van der Waals surface area contributed by atoms with E-state index in [4.69, 9.17) is 5.73 Å². The second-order valence-electron chi connectivity index (χ2n) is 5.40. The fraction of sp³-hybridized carbons (Fsp3) is 0.467. The Morgan fingerprint density at radius 1 is 1.35 bits per heavy atom. The number of nitrogens with zero attached hydrogens (tertiary/aromatic N) is 3. The lowest BCUT2D eigenvalue weighted by Crippen LogP contribution is -2.46. The molecule has 20 heavy (non-hydrogen) atoms. The number of halogens is 1. The van der Waals surface area contributed by atoms with Gasteiger partial charge in [-0.15, -0.1) is 0 Å². The largest absolute Gasteiger partial charge is 0.316 e. The Morgan fingerprint density at radius 3 is 3.00 bits per heavy atom. The molecule has 0 radical (unpaired) electrons. The van der Waals surface area contributed by atoms with Gasteiger partial charge in [0, 0.05) is 12.6 Å². The molecule has 1 aliphatic heterocycles. The first-order chi connectivity index (χ1) is 9.65. The number of hydrogen-bond donors (Lipinski definition) is 1. The van der Waals surface area contributed by atoms with Crippen molar-refractivity contribution in [1.82, 2.24) is 14.9 Å². The molecule has 0 bridgehead atoms. The van der Waals surface area contributed by atoms with Crippen molar-refractivity contribution in [1.29, 1.82) is 0 Å². The van der Waals surface area contributed by atoms with Crippen LogP contribution in [0.15, 0.2) is 24.4 Å². The van der Waals surface area contributed by atoms with Crippen LogP contribution in [0.1, 0.15) is 37.9 Å². The zero-order valence-corrected chi connectivity index (χ0v) is 11.6. The molecule has 2 aromatic rings. The summed E-state index contributed by atoms with van der Waals surface area (Å²) in [5.74, 6) is -0.357. The SMILES string of the molecule is CC(c1ccc2ncc(F)cc2n1)N1CCCCC1N. The highest BCUT2D eigenvalue weighted by atomic mass is 19.1. The highest BCUT2D eigenvalue weighted by Crippen LogP contribution is 2.26. The van der Waals surface area contributed by atoms with Crippen molar-refractivity contribution in [3.8, 4) is 0 Å². The second-order valence-corrected chi connectivity index (χ2v) is 5.40. The molecule has 1 fully saturated rings. The van der Waals surface area contributed by atoms with Gasteiger partial charge in [0.15, 0.2) is 0 Å². The molecule has 0 aromatic carbocycles. The minimum Gasteiger partial charge on any atom is -0.316 e. The number of hydrogen-bond acceptors (Lipinski definition) is 4. The molecule has 0 spiro atoms. The molecule has 2 aromatic heterocycles. The van der Waals surface area contributed by atoms with Crippen LogP contribution in [-0.2, 0) is 0 Å². The average Bonchev–Trinajstić information content (AvgIpc) is 2.46. The molecule has 2 N–H and O–H groups in total. The Labute approximate surface area is 117 Å². The summed E-state index contributed by atoms with van der Waals surface area (Å²) < 4.78 is 13.3. The number of pyridine rings is 2. The number of nitrogens with two attached hydrogens (primary N) is 1. The number of piperidine rings is 1. The first kappa shape index (κ1) is 13.4. The summed E-state index contributed by atoms with van der Waals surface area (Å²) in [7, 11) is 0. The first-order valence-electron chi connectivity index (χ1n) is 7.08. The number of fused-ring (bicyclic) bond motifs is 1. The Morgan fingerprint density at radius 2 is 2.20 bits per heavy atom. The molecule has 3 rings (SSSR count). The quantitative estimate of drug-likeness (QED) is 0.914. The minimum absolute atomic E-state index is 0.0851. The second kappa shape index (κ2) is 5.42. The highest BCUT2D eigenvalue weighted by molar-refractivity contribution is 5.73. The van der Waals surface area contributed by atoms with E-state index in [1.807, 2.05) is 12.1 Å². The molecule has 0 saturated carbocycles. The van der Waals surface area contributed by atoms with E-state index in [1.165, 1.54) is 25.1 Å². The van der Waals surface area contributed by atoms with Gasteiger partial charge in [0.2, 0.25) is 0 Å². The van der Waals surface area contributed by atoms with Crippen molar-refractivity contribution in [3.05, 3.63) is 35.9 Å². The third kappa shape index (κ3) is 2.51. The van der Waals surface area contributed by atoms with Crippen LogP contribution in [0, 0.1) is 5.82 Å². The van der Waals surface area contributed by atoms with E-state index in [0.29, 0.717) is 11.0 Å². The summed E-state index contributed by atoms with van der Waals surface area (Å²) in [5.41, 5.74) is 8.41. The lowest BCUT2D eigenvalue weighted by atomic mass is 10.0. The monoisotopic (exact) mass is 274 g/mol. The van der Waals surface area contributed by atoms with E-state index in [2.05, 4.69) is 21.8 Å². The topological polar surface area (TPSA) is 55.0 Å². The van der Waals surface area contributed by atoms with Gasteiger partial charge in [-0.1, -0.05) is 0 Å². The van der Waals surface area contributed by atoms with Gasteiger partial charge in [-0.05, 0) is 38.3 Å². The standard InChI is InChI=1S/C15H19FN4/c1-10(20-7-3-2-4-15(20)17)12-5-6-13-14(19-12)8-11(16)9-18-13/h5-6,8-10,15H,2-4,7,17H2,1H3. The molecule has 106 valence electrons. The van der Waals surface area contributed by atoms with Crippen molar-refractivity contribution < 1.29 is 4.39 Å². The van der Waals surface area contributed by atoms with Crippen molar-refractivity contribution in [3.63, 3.8) is 0 Å². The molecule has 1 saturated heterocycles. The summed E-state index contributed by atoms with van der Waals surface area (Å²) in [6, 6.07) is 5.41. The Kier molecular flexibility index (Phi) is 3.63. The summed E-state index contributed by atoms with van der Waals surface area (Å²) in [6.45, 7) is 3.09. The number of aromatic nitrogens is 2. The predicted molar refractivity (Wildman–Crippen MR) is 76.4 cm³/mol. The van der Waals surface area contributed by atoms with Gasteiger partial charge in [0.05, 0.1) is 35.1 Å². The van der Waals surface area contributed by atoms with Gasteiger partial charge < -0.3 is 5.73 Å². The summed E-state index contributed by atoms with van der Waals surface area (Å²) >= 11 is 0. The third-order valence-corrected chi connectivity index (χ3v) is 4.04. The lowest BCUT2D eigenvalue weighted by Gasteiger charge is -2.37. The van der Waals surface area contributed by atoms with Gasteiger partial charge in [-0.25, -0.2) is 9.37 Å². The lowest BCUT2D eigenvalue weighted by molar-refractivity contribution is 0.105. The van der Waals surface area contributed by atoms with E-state index in [1.54, 1.807) is 0 Å².